The molecule has 0 aliphatic rings. The van der Waals surface area contributed by atoms with E-state index in [1.807, 2.05) is 6.92 Å². The largest absolute Gasteiger partial charge is 0.411 e. The van der Waals surface area contributed by atoms with Gasteiger partial charge in [-0.1, -0.05) is 6.07 Å². The number of rotatable bonds is 6. The highest BCUT2D eigenvalue weighted by Gasteiger charge is 2.27. The first-order chi connectivity index (χ1) is 9.33. The average molecular weight is 291 g/mol. The molecule has 0 fully saturated rings. The lowest BCUT2D eigenvalue weighted by Gasteiger charge is -2.11. The van der Waals surface area contributed by atoms with E-state index in [-0.39, 0.29) is 13.2 Å². The number of ether oxygens (including phenoxy) is 1. The summed E-state index contributed by atoms with van der Waals surface area (Å²) in [5.41, 5.74) is 4.07. The molecule has 5 nitrogen and oxygen atoms in total. The van der Waals surface area contributed by atoms with Crippen LogP contribution in [0.15, 0.2) is 18.2 Å². The van der Waals surface area contributed by atoms with Gasteiger partial charge >= 0.3 is 6.18 Å². The van der Waals surface area contributed by atoms with E-state index in [1.165, 1.54) is 0 Å². The van der Waals surface area contributed by atoms with Gasteiger partial charge in [-0.2, -0.15) is 13.2 Å². The zero-order chi connectivity index (χ0) is 15.2. The van der Waals surface area contributed by atoms with Crippen LogP contribution in [-0.2, 0) is 4.74 Å². The molecule has 0 atom stereocenters. The van der Waals surface area contributed by atoms with Crippen molar-refractivity contribution in [3.05, 3.63) is 29.3 Å². The van der Waals surface area contributed by atoms with Crippen molar-refractivity contribution in [2.24, 2.45) is 5.84 Å². The summed E-state index contributed by atoms with van der Waals surface area (Å²) in [4.78, 5) is 11.8. The van der Waals surface area contributed by atoms with Gasteiger partial charge in [-0.05, 0) is 24.6 Å². The number of alkyl halides is 3. The highest BCUT2D eigenvalue weighted by atomic mass is 19.4. The number of amides is 1. The van der Waals surface area contributed by atoms with Crippen LogP contribution in [0.25, 0.3) is 0 Å². The Balaban J connectivity index is 2.44. The Kier molecular flexibility index (Phi) is 5.78. The Hall–Kier alpha value is -1.80. The van der Waals surface area contributed by atoms with E-state index in [9.17, 15) is 18.0 Å². The van der Waals surface area contributed by atoms with E-state index in [4.69, 9.17) is 5.84 Å². The average Bonchev–Trinajstić information content (AvgIpc) is 2.36. The molecule has 20 heavy (non-hydrogen) atoms. The van der Waals surface area contributed by atoms with Crippen LogP contribution in [0.2, 0.25) is 0 Å². The van der Waals surface area contributed by atoms with Crippen molar-refractivity contribution in [3.63, 3.8) is 0 Å². The molecule has 4 N–H and O–H groups in total. The van der Waals surface area contributed by atoms with Gasteiger partial charge in [0, 0.05) is 6.54 Å². The van der Waals surface area contributed by atoms with Crippen LogP contribution in [0.4, 0.5) is 18.9 Å². The molecule has 0 saturated carbocycles. The van der Waals surface area contributed by atoms with Gasteiger partial charge in [0.25, 0.3) is 5.91 Å². The molecule has 8 heteroatoms. The summed E-state index contributed by atoms with van der Waals surface area (Å²) in [7, 11) is 0. The number of halogens is 3. The number of aryl methyl sites for hydroxylation is 1. The normalized spacial score (nSPS) is 11.2. The Labute approximate surface area is 114 Å². The smallest absolute Gasteiger partial charge is 0.370 e. The minimum absolute atomic E-state index is 0.0210. The van der Waals surface area contributed by atoms with Crippen LogP contribution in [-0.4, -0.2) is 31.8 Å². The molecule has 0 radical (unpaired) electrons. The number of carbonyl (C=O) groups excluding carboxylic acids is 1. The number of hydrazine groups is 1. The third-order valence-corrected chi connectivity index (χ3v) is 2.37. The molecule has 112 valence electrons. The summed E-state index contributed by atoms with van der Waals surface area (Å²) in [5.74, 6) is 4.87. The van der Waals surface area contributed by atoms with Gasteiger partial charge < -0.3 is 15.5 Å². The van der Waals surface area contributed by atoms with Crippen molar-refractivity contribution in [1.29, 1.82) is 0 Å². The fourth-order valence-corrected chi connectivity index (χ4v) is 1.50. The third-order valence-electron chi connectivity index (χ3n) is 2.37. The summed E-state index contributed by atoms with van der Waals surface area (Å²) in [6.45, 7) is 0.270. The minimum Gasteiger partial charge on any atom is -0.370 e. The summed E-state index contributed by atoms with van der Waals surface area (Å²) in [6.07, 6.45) is -4.36. The molecule has 1 aromatic carbocycles. The van der Waals surface area contributed by atoms with E-state index >= 15 is 0 Å². The van der Waals surface area contributed by atoms with E-state index in [1.54, 1.807) is 18.2 Å². The minimum atomic E-state index is -4.36. The number of nitrogens with two attached hydrogens (primary N) is 1. The molecule has 0 aliphatic heterocycles. The fourth-order valence-electron chi connectivity index (χ4n) is 1.50. The number of nitrogens with one attached hydrogen (secondary N) is 2. The lowest BCUT2D eigenvalue weighted by atomic mass is 10.1. The zero-order valence-corrected chi connectivity index (χ0v) is 10.9. The van der Waals surface area contributed by atoms with Crippen LogP contribution >= 0.6 is 0 Å². The molecule has 0 aliphatic carbocycles. The second kappa shape index (κ2) is 7.11. The van der Waals surface area contributed by atoms with Crippen LogP contribution < -0.4 is 16.6 Å². The summed E-state index contributed by atoms with van der Waals surface area (Å²) < 4.78 is 39.8. The van der Waals surface area contributed by atoms with Crippen molar-refractivity contribution < 1.29 is 22.7 Å². The monoisotopic (exact) mass is 291 g/mol. The lowest BCUT2D eigenvalue weighted by Crippen LogP contribution is -2.29. The van der Waals surface area contributed by atoms with Crippen molar-refractivity contribution in [2.45, 2.75) is 13.1 Å². The van der Waals surface area contributed by atoms with Crippen molar-refractivity contribution in [1.82, 2.24) is 5.32 Å². The predicted octanol–water partition coefficient (Wildman–Crippen LogP) is 1.59. The van der Waals surface area contributed by atoms with Crippen molar-refractivity contribution in [2.75, 3.05) is 25.2 Å². The molecule has 0 spiro atoms. The molecule has 0 aromatic heterocycles. The summed E-state index contributed by atoms with van der Waals surface area (Å²) in [5, 5.41) is 2.45. The van der Waals surface area contributed by atoms with E-state index in [0.717, 1.165) is 5.56 Å². The van der Waals surface area contributed by atoms with Gasteiger partial charge in [0.1, 0.15) is 6.61 Å². The standard InChI is InChI=1S/C12H16F3N3O2/c1-8-2-3-9(10(6-8)18-16)11(19)17-4-5-20-7-12(13,14)15/h2-3,6,18H,4-5,7,16H2,1H3,(H,17,19). The quantitative estimate of drug-likeness (QED) is 0.422. The Morgan fingerprint density at radius 3 is 2.70 bits per heavy atom. The summed E-state index contributed by atoms with van der Waals surface area (Å²) in [6, 6.07) is 5.00. The van der Waals surface area contributed by atoms with Gasteiger partial charge in [0.15, 0.2) is 0 Å². The second-order valence-electron chi connectivity index (χ2n) is 4.12. The maximum absolute atomic E-state index is 11.8. The van der Waals surface area contributed by atoms with E-state index in [2.05, 4.69) is 15.5 Å². The molecular weight excluding hydrogens is 275 g/mol. The number of anilines is 1. The topological polar surface area (TPSA) is 76.4 Å². The van der Waals surface area contributed by atoms with Crippen LogP contribution in [0, 0.1) is 6.92 Å². The molecule has 0 saturated heterocycles. The fraction of sp³-hybridized carbons (Fsp3) is 0.417. The number of carbonyl (C=O) groups is 1. The second-order valence-corrected chi connectivity index (χ2v) is 4.12. The Morgan fingerprint density at radius 1 is 1.40 bits per heavy atom. The van der Waals surface area contributed by atoms with Crippen LogP contribution in [0.3, 0.4) is 0 Å². The highest BCUT2D eigenvalue weighted by Crippen LogP contribution is 2.16. The number of benzene rings is 1. The van der Waals surface area contributed by atoms with E-state index in [0.29, 0.717) is 11.3 Å². The molecule has 0 heterocycles. The summed E-state index contributed by atoms with van der Waals surface area (Å²) >= 11 is 0. The van der Waals surface area contributed by atoms with Crippen molar-refractivity contribution in [3.8, 4) is 0 Å². The lowest BCUT2D eigenvalue weighted by molar-refractivity contribution is -0.173. The molecule has 1 rings (SSSR count). The maximum Gasteiger partial charge on any atom is 0.411 e. The predicted molar refractivity (Wildman–Crippen MR) is 68.2 cm³/mol. The van der Waals surface area contributed by atoms with Gasteiger partial charge in [0.2, 0.25) is 0 Å². The number of hydrogen-bond acceptors (Lipinski definition) is 4. The van der Waals surface area contributed by atoms with Gasteiger partial charge in [0.05, 0.1) is 17.9 Å². The van der Waals surface area contributed by atoms with E-state index < -0.39 is 18.7 Å². The zero-order valence-electron chi connectivity index (χ0n) is 10.9. The molecule has 0 unspecified atom stereocenters. The van der Waals surface area contributed by atoms with Gasteiger partial charge in [-0.3, -0.25) is 10.6 Å². The Bertz CT molecular complexity index is 464. The first kappa shape index (κ1) is 16.3. The van der Waals surface area contributed by atoms with Gasteiger partial charge in [-0.15, -0.1) is 0 Å². The first-order valence-electron chi connectivity index (χ1n) is 5.83. The van der Waals surface area contributed by atoms with Crippen molar-refractivity contribution >= 4 is 11.6 Å². The Morgan fingerprint density at radius 2 is 2.10 bits per heavy atom. The SMILES string of the molecule is Cc1ccc(C(=O)NCCOCC(F)(F)F)c(NN)c1. The van der Waals surface area contributed by atoms with Crippen LogP contribution in [0.1, 0.15) is 15.9 Å². The molecule has 1 aromatic rings. The molecule has 0 bridgehead atoms. The third kappa shape index (κ3) is 5.45. The van der Waals surface area contributed by atoms with Crippen LogP contribution in [0.5, 0.6) is 0 Å². The number of nitrogen functional groups attached to an aromatic ring is 1. The number of hydrogen-bond donors (Lipinski definition) is 3. The maximum atomic E-state index is 11.8. The first-order valence-corrected chi connectivity index (χ1v) is 5.83. The highest BCUT2D eigenvalue weighted by molar-refractivity contribution is 5.99. The van der Waals surface area contributed by atoms with Gasteiger partial charge in [-0.25, -0.2) is 0 Å². The molecule has 1 amide bonds. The molecular formula is C12H16F3N3O2.